The zero-order valence-corrected chi connectivity index (χ0v) is 21.0. The largest absolute Gasteiger partial charge is 0.438 e. The van der Waals surface area contributed by atoms with E-state index in [1.165, 1.54) is 24.3 Å². The van der Waals surface area contributed by atoms with Gasteiger partial charge in [-0.2, -0.15) is 13.2 Å². The molecule has 5 nitrogen and oxygen atoms in total. The number of benzene rings is 3. The van der Waals surface area contributed by atoms with Gasteiger partial charge >= 0.3 is 6.18 Å². The molecule has 0 aliphatic rings. The highest BCUT2D eigenvalue weighted by Crippen LogP contribution is 2.36. The molecule has 36 heavy (non-hydrogen) atoms. The summed E-state index contributed by atoms with van der Waals surface area (Å²) in [6.07, 6.45) is -4.01. The average Bonchev–Trinajstić information content (AvgIpc) is 2.82. The Hall–Kier alpha value is -2.98. The fourth-order valence-electron chi connectivity index (χ4n) is 3.13. The molecular weight excluding hydrogens is 560 g/mol. The van der Waals surface area contributed by atoms with E-state index >= 15 is 0 Å². The van der Waals surface area contributed by atoms with Gasteiger partial charge < -0.3 is 4.74 Å². The maximum Gasteiger partial charge on any atom is 0.417 e. The molecule has 3 aromatic carbocycles. The Bertz CT molecular complexity index is 1440. The second-order valence-electron chi connectivity index (χ2n) is 7.30. The van der Waals surface area contributed by atoms with Crippen LogP contribution >= 0.6 is 34.8 Å². The molecule has 0 saturated heterocycles. The van der Waals surface area contributed by atoms with Crippen molar-refractivity contribution < 1.29 is 26.3 Å². The minimum absolute atomic E-state index is 0.0776. The van der Waals surface area contributed by atoms with Gasteiger partial charge in [0.25, 0.3) is 10.0 Å². The predicted molar refractivity (Wildman–Crippen MR) is 133 cm³/mol. The van der Waals surface area contributed by atoms with Gasteiger partial charge in [0, 0.05) is 16.2 Å². The van der Waals surface area contributed by atoms with E-state index in [1.54, 1.807) is 48.5 Å². The van der Waals surface area contributed by atoms with Crippen molar-refractivity contribution in [3.8, 4) is 11.6 Å². The number of ether oxygens (including phenoxy) is 1. The first-order valence-electron chi connectivity index (χ1n) is 10.0. The fourth-order valence-corrected chi connectivity index (χ4v) is 5.08. The summed E-state index contributed by atoms with van der Waals surface area (Å²) in [5, 5.41) is 0.520. The lowest BCUT2D eigenvalue weighted by atomic mass is 10.2. The van der Waals surface area contributed by atoms with Crippen LogP contribution in [0.2, 0.25) is 15.1 Å². The first kappa shape index (κ1) is 26.1. The summed E-state index contributed by atoms with van der Waals surface area (Å²) in [5.41, 5.74) is -0.351. The zero-order valence-electron chi connectivity index (χ0n) is 17.9. The number of pyridine rings is 1. The van der Waals surface area contributed by atoms with Crippen LogP contribution in [0.4, 0.5) is 24.5 Å². The van der Waals surface area contributed by atoms with Crippen molar-refractivity contribution in [3.63, 3.8) is 0 Å². The van der Waals surface area contributed by atoms with Crippen molar-refractivity contribution in [2.75, 3.05) is 4.31 Å². The molecule has 0 aliphatic heterocycles. The third-order valence-electron chi connectivity index (χ3n) is 4.83. The lowest BCUT2D eigenvalue weighted by molar-refractivity contribution is -0.137. The lowest BCUT2D eigenvalue weighted by Crippen LogP contribution is -2.26. The SMILES string of the molecule is O=S(=O)(c1ccc(Oc2ncc(C(F)(F)F)cc2Cl)cc1)N(c1ccc(Cl)cc1)c1ccc(Cl)cc1. The van der Waals surface area contributed by atoms with Crippen LogP contribution in [0, 0.1) is 0 Å². The van der Waals surface area contributed by atoms with Crippen molar-refractivity contribution in [1.82, 2.24) is 4.98 Å². The predicted octanol–water partition coefficient (Wildman–Crippen LogP) is 8.38. The monoisotopic (exact) mass is 572 g/mol. The molecule has 0 radical (unpaired) electrons. The number of sulfonamides is 1. The van der Waals surface area contributed by atoms with Gasteiger partial charge in [-0.1, -0.05) is 34.8 Å². The highest BCUT2D eigenvalue weighted by Gasteiger charge is 2.32. The molecule has 0 N–H and O–H groups in total. The third kappa shape index (κ3) is 5.70. The molecule has 0 saturated carbocycles. The highest BCUT2D eigenvalue weighted by atomic mass is 35.5. The van der Waals surface area contributed by atoms with Gasteiger partial charge in [-0.15, -0.1) is 0 Å². The van der Waals surface area contributed by atoms with Crippen molar-refractivity contribution >= 4 is 56.2 Å². The molecule has 0 spiro atoms. The topological polar surface area (TPSA) is 59.5 Å². The fraction of sp³-hybridized carbons (Fsp3) is 0.0417. The molecule has 0 unspecified atom stereocenters. The van der Waals surface area contributed by atoms with E-state index in [2.05, 4.69) is 4.98 Å². The average molecular weight is 574 g/mol. The molecule has 12 heteroatoms. The van der Waals surface area contributed by atoms with Gasteiger partial charge in [-0.05, 0) is 78.9 Å². The molecule has 0 atom stereocenters. The van der Waals surface area contributed by atoms with Gasteiger partial charge in [-0.3, -0.25) is 0 Å². The quantitative estimate of drug-likeness (QED) is 0.232. The summed E-state index contributed by atoms with van der Waals surface area (Å²) < 4.78 is 72.3. The minimum atomic E-state index is -4.61. The van der Waals surface area contributed by atoms with Crippen LogP contribution in [-0.4, -0.2) is 13.4 Å². The summed E-state index contributed by atoms with van der Waals surface area (Å²) in [4.78, 5) is 3.53. The molecule has 0 amide bonds. The van der Waals surface area contributed by atoms with Crippen LogP contribution in [0.1, 0.15) is 5.56 Å². The summed E-state index contributed by atoms with van der Waals surface area (Å²) in [6, 6.07) is 18.4. The molecule has 0 aliphatic carbocycles. The van der Waals surface area contributed by atoms with Gasteiger partial charge in [-0.25, -0.2) is 17.7 Å². The molecule has 1 aromatic heterocycles. The van der Waals surface area contributed by atoms with E-state index in [4.69, 9.17) is 39.5 Å². The van der Waals surface area contributed by atoms with E-state index in [9.17, 15) is 21.6 Å². The number of nitrogens with zero attached hydrogens (tertiary/aromatic N) is 2. The van der Waals surface area contributed by atoms with E-state index in [0.717, 1.165) is 4.31 Å². The van der Waals surface area contributed by atoms with Crippen LogP contribution in [0.15, 0.2) is 90.0 Å². The van der Waals surface area contributed by atoms with Crippen molar-refractivity contribution in [2.45, 2.75) is 11.1 Å². The van der Waals surface area contributed by atoms with Crippen LogP contribution < -0.4 is 9.04 Å². The van der Waals surface area contributed by atoms with Gasteiger partial charge in [0.15, 0.2) is 0 Å². The Morgan fingerprint density at radius 2 is 1.28 bits per heavy atom. The Morgan fingerprint density at radius 1 is 0.778 bits per heavy atom. The number of hydrogen-bond acceptors (Lipinski definition) is 4. The molecule has 0 fully saturated rings. The standard InChI is InChI=1S/C24H14Cl3F3N2O3S/c25-16-1-5-18(6-2-16)32(19-7-3-17(26)4-8-19)36(33,34)21-11-9-20(10-12-21)35-23-22(27)13-15(14-31-23)24(28,29)30/h1-14H. The third-order valence-corrected chi connectivity index (χ3v) is 7.38. The number of hydrogen-bond donors (Lipinski definition) is 0. The van der Waals surface area contributed by atoms with E-state index < -0.39 is 21.8 Å². The Kier molecular flexibility index (Phi) is 7.38. The van der Waals surface area contributed by atoms with Crippen LogP contribution in [0.5, 0.6) is 11.6 Å². The second-order valence-corrected chi connectivity index (χ2v) is 10.4. The zero-order chi connectivity index (χ0) is 26.1. The normalized spacial score (nSPS) is 11.8. The summed E-state index contributed by atoms with van der Waals surface area (Å²) in [5.74, 6) is -0.142. The molecule has 1 heterocycles. The number of rotatable bonds is 6. The molecular formula is C24H14Cl3F3N2O3S. The summed E-state index contributed by atoms with van der Waals surface area (Å²) in [6.45, 7) is 0. The Morgan fingerprint density at radius 3 is 1.72 bits per heavy atom. The molecule has 186 valence electrons. The van der Waals surface area contributed by atoms with Crippen molar-refractivity contribution in [3.05, 3.63) is 106 Å². The van der Waals surface area contributed by atoms with E-state index in [-0.39, 0.29) is 21.5 Å². The van der Waals surface area contributed by atoms with E-state index in [0.29, 0.717) is 33.7 Å². The van der Waals surface area contributed by atoms with Crippen LogP contribution in [0.3, 0.4) is 0 Å². The van der Waals surface area contributed by atoms with Gasteiger partial charge in [0.1, 0.15) is 10.8 Å². The van der Waals surface area contributed by atoms with Crippen molar-refractivity contribution in [1.29, 1.82) is 0 Å². The van der Waals surface area contributed by atoms with Gasteiger partial charge in [0.2, 0.25) is 5.88 Å². The van der Waals surface area contributed by atoms with E-state index in [1.807, 2.05) is 0 Å². The first-order valence-corrected chi connectivity index (χ1v) is 12.6. The number of aromatic nitrogens is 1. The van der Waals surface area contributed by atoms with Crippen LogP contribution in [0.25, 0.3) is 0 Å². The molecule has 0 bridgehead atoms. The summed E-state index contributed by atoms with van der Waals surface area (Å²) in [7, 11) is -4.13. The number of anilines is 2. The minimum Gasteiger partial charge on any atom is -0.438 e. The Balaban J connectivity index is 1.66. The molecule has 4 aromatic rings. The maximum atomic E-state index is 13.6. The lowest BCUT2D eigenvalue weighted by Gasteiger charge is -2.25. The van der Waals surface area contributed by atoms with Gasteiger partial charge in [0.05, 0.1) is 21.8 Å². The smallest absolute Gasteiger partial charge is 0.417 e. The summed E-state index contributed by atoms with van der Waals surface area (Å²) >= 11 is 17.8. The molecule has 4 rings (SSSR count). The maximum absolute atomic E-state index is 13.6. The highest BCUT2D eigenvalue weighted by molar-refractivity contribution is 7.93. The Labute approximate surface area is 219 Å². The second kappa shape index (κ2) is 10.2. The van der Waals surface area contributed by atoms with Crippen LogP contribution in [-0.2, 0) is 16.2 Å². The van der Waals surface area contributed by atoms with Crippen molar-refractivity contribution in [2.24, 2.45) is 0 Å². The number of halogens is 6. The first-order chi connectivity index (χ1) is 16.9. The number of alkyl halides is 3.